The van der Waals surface area contributed by atoms with Gasteiger partial charge in [0.2, 0.25) is 0 Å². The molecule has 0 bridgehead atoms. The molecule has 4 aliphatic rings. The Balaban J connectivity index is 1.46. The molecule has 0 aromatic heterocycles. The molecule has 0 saturated heterocycles. The minimum Gasteiger partial charge on any atom is -0.0988 e. The Morgan fingerprint density at radius 3 is 2.32 bits per heavy atom. The van der Waals surface area contributed by atoms with Gasteiger partial charge in [0.05, 0.1) is 0 Å². The van der Waals surface area contributed by atoms with E-state index in [9.17, 15) is 0 Å². The van der Waals surface area contributed by atoms with E-state index in [1.54, 1.807) is 25.7 Å². The van der Waals surface area contributed by atoms with Crippen LogP contribution in [0, 0.1) is 57.7 Å². The summed E-state index contributed by atoms with van der Waals surface area (Å²) in [6.45, 7) is 21.7. The highest BCUT2D eigenvalue weighted by molar-refractivity contribution is 5.19. The summed E-state index contributed by atoms with van der Waals surface area (Å²) < 4.78 is 0. The lowest BCUT2D eigenvalue weighted by Gasteiger charge is -2.60. The first-order valence-electron chi connectivity index (χ1n) is 15.4. The van der Waals surface area contributed by atoms with E-state index in [0.29, 0.717) is 10.8 Å². The summed E-state index contributed by atoms with van der Waals surface area (Å²) in [4.78, 5) is 0. The molecule has 4 fully saturated rings. The lowest BCUT2D eigenvalue weighted by atomic mass is 9.45. The standard InChI is InChI=1S/C34H58/c1-9-12-26-13-14-30-27-18-20-34(8)29(24(4)21-32(5,6)22-25(10-2)11-3)15-16-31(34)28(27)17-19-33(30,7)23-26/h10,22,24,26-31H,2,9,11-21,23H2,1,3-8H3/b25-22+. The molecule has 0 N–H and O–H groups in total. The summed E-state index contributed by atoms with van der Waals surface area (Å²) in [5.74, 6) is 6.91. The third kappa shape index (κ3) is 4.87. The van der Waals surface area contributed by atoms with Crippen LogP contribution in [0.25, 0.3) is 0 Å². The first-order valence-corrected chi connectivity index (χ1v) is 15.4. The Labute approximate surface area is 213 Å². The number of hydrogen-bond donors (Lipinski definition) is 0. The van der Waals surface area contributed by atoms with Gasteiger partial charge >= 0.3 is 0 Å². The highest BCUT2D eigenvalue weighted by Gasteiger charge is 2.59. The van der Waals surface area contributed by atoms with Gasteiger partial charge in [0, 0.05) is 0 Å². The van der Waals surface area contributed by atoms with Gasteiger partial charge in [-0.2, -0.15) is 0 Å². The fourth-order valence-corrected chi connectivity index (χ4v) is 10.9. The van der Waals surface area contributed by atoms with Crippen molar-refractivity contribution in [3.05, 3.63) is 24.3 Å². The lowest BCUT2D eigenvalue weighted by molar-refractivity contribution is -0.108. The van der Waals surface area contributed by atoms with Crippen molar-refractivity contribution >= 4 is 0 Å². The molecule has 0 radical (unpaired) electrons. The maximum atomic E-state index is 4.05. The van der Waals surface area contributed by atoms with E-state index in [1.807, 2.05) is 0 Å². The van der Waals surface area contributed by atoms with E-state index in [4.69, 9.17) is 0 Å². The Hall–Kier alpha value is -0.520. The van der Waals surface area contributed by atoms with Gasteiger partial charge in [-0.3, -0.25) is 0 Å². The van der Waals surface area contributed by atoms with Gasteiger partial charge in [0.1, 0.15) is 0 Å². The van der Waals surface area contributed by atoms with E-state index in [0.717, 1.165) is 47.8 Å². The summed E-state index contributed by atoms with van der Waals surface area (Å²) >= 11 is 0. The second kappa shape index (κ2) is 10.1. The fraction of sp³-hybridized carbons (Fsp3) is 0.882. The van der Waals surface area contributed by atoms with Gasteiger partial charge in [-0.25, -0.2) is 0 Å². The smallest absolute Gasteiger partial charge is 0.0166 e. The molecular formula is C34H58. The molecule has 0 heteroatoms. The van der Waals surface area contributed by atoms with Crippen molar-refractivity contribution < 1.29 is 0 Å². The molecule has 0 aromatic carbocycles. The summed E-state index contributed by atoms with van der Waals surface area (Å²) in [5, 5.41) is 0. The summed E-state index contributed by atoms with van der Waals surface area (Å²) in [5.41, 5.74) is 2.96. The van der Waals surface area contributed by atoms with E-state index in [2.05, 4.69) is 67.2 Å². The van der Waals surface area contributed by atoms with Crippen molar-refractivity contribution in [3.63, 3.8) is 0 Å². The highest BCUT2D eigenvalue weighted by atomic mass is 14.6. The molecule has 0 aromatic rings. The lowest BCUT2D eigenvalue weighted by Crippen LogP contribution is -2.52. The third-order valence-corrected chi connectivity index (χ3v) is 12.1. The Morgan fingerprint density at radius 2 is 1.65 bits per heavy atom. The minimum atomic E-state index is 0.272. The first kappa shape index (κ1) is 26.5. The van der Waals surface area contributed by atoms with Gasteiger partial charge in [-0.05, 0) is 122 Å². The van der Waals surface area contributed by atoms with Crippen LogP contribution in [0.4, 0.5) is 0 Å². The van der Waals surface area contributed by atoms with E-state index in [-0.39, 0.29) is 5.41 Å². The Bertz CT molecular complexity index is 741. The predicted molar refractivity (Wildman–Crippen MR) is 150 cm³/mol. The molecule has 0 nitrogen and oxygen atoms in total. The minimum absolute atomic E-state index is 0.272. The zero-order valence-corrected chi connectivity index (χ0v) is 24.1. The molecule has 4 saturated carbocycles. The van der Waals surface area contributed by atoms with Crippen molar-refractivity contribution in [2.45, 2.75) is 132 Å². The van der Waals surface area contributed by atoms with Gasteiger partial charge < -0.3 is 0 Å². The van der Waals surface area contributed by atoms with Crippen LogP contribution in [0.5, 0.6) is 0 Å². The van der Waals surface area contributed by atoms with Crippen LogP contribution in [0.1, 0.15) is 132 Å². The maximum absolute atomic E-state index is 4.05. The van der Waals surface area contributed by atoms with Crippen molar-refractivity contribution in [3.8, 4) is 0 Å². The number of allylic oxidation sites excluding steroid dienone is 3. The quantitative estimate of drug-likeness (QED) is 0.312. The predicted octanol–water partition coefficient (Wildman–Crippen LogP) is 10.6. The largest absolute Gasteiger partial charge is 0.0988 e. The zero-order chi connectivity index (χ0) is 24.7. The van der Waals surface area contributed by atoms with E-state index < -0.39 is 0 Å². The van der Waals surface area contributed by atoms with Crippen molar-refractivity contribution in [2.24, 2.45) is 57.7 Å². The SMILES string of the molecule is C=C/C(=C\C(C)(C)CC(C)C1CCC2C3CCC4(C)CC(CCC)CCC4C3CCC12C)CC. The molecule has 4 rings (SSSR count). The van der Waals surface area contributed by atoms with Gasteiger partial charge in [-0.1, -0.05) is 92.0 Å². The van der Waals surface area contributed by atoms with Crippen LogP contribution >= 0.6 is 0 Å². The molecule has 194 valence electrons. The van der Waals surface area contributed by atoms with Gasteiger partial charge in [-0.15, -0.1) is 0 Å². The molecule has 34 heavy (non-hydrogen) atoms. The van der Waals surface area contributed by atoms with Crippen LogP contribution < -0.4 is 0 Å². The van der Waals surface area contributed by atoms with Crippen LogP contribution in [0.2, 0.25) is 0 Å². The second-order valence-corrected chi connectivity index (χ2v) is 14.8. The van der Waals surface area contributed by atoms with Crippen molar-refractivity contribution in [2.75, 3.05) is 0 Å². The van der Waals surface area contributed by atoms with Crippen molar-refractivity contribution in [1.29, 1.82) is 0 Å². The van der Waals surface area contributed by atoms with Crippen LogP contribution in [0.15, 0.2) is 24.3 Å². The number of fused-ring (bicyclic) bond motifs is 5. The maximum Gasteiger partial charge on any atom is -0.0166 e. The van der Waals surface area contributed by atoms with Gasteiger partial charge in [0.15, 0.2) is 0 Å². The molecule has 4 aliphatic carbocycles. The third-order valence-electron chi connectivity index (χ3n) is 12.1. The molecule has 0 amide bonds. The van der Waals surface area contributed by atoms with E-state index >= 15 is 0 Å². The van der Waals surface area contributed by atoms with Gasteiger partial charge in [0.25, 0.3) is 0 Å². The Morgan fingerprint density at radius 1 is 0.971 bits per heavy atom. The summed E-state index contributed by atoms with van der Waals surface area (Å²) in [6.07, 6.45) is 23.7. The normalized spacial score (nSPS) is 43.6. The molecule has 0 heterocycles. The second-order valence-electron chi connectivity index (χ2n) is 14.8. The molecule has 9 unspecified atom stereocenters. The van der Waals surface area contributed by atoms with Crippen LogP contribution in [0.3, 0.4) is 0 Å². The number of hydrogen-bond acceptors (Lipinski definition) is 0. The summed E-state index contributed by atoms with van der Waals surface area (Å²) in [7, 11) is 0. The molecule has 0 spiro atoms. The average Bonchev–Trinajstić information content (AvgIpc) is 3.14. The molecular weight excluding hydrogens is 408 g/mol. The van der Waals surface area contributed by atoms with Crippen LogP contribution in [-0.4, -0.2) is 0 Å². The first-order chi connectivity index (χ1) is 16.1. The fourth-order valence-electron chi connectivity index (χ4n) is 10.9. The highest BCUT2D eigenvalue weighted by Crippen LogP contribution is 2.68. The Kier molecular flexibility index (Phi) is 7.88. The molecule has 9 atom stereocenters. The van der Waals surface area contributed by atoms with Crippen LogP contribution in [-0.2, 0) is 0 Å². The van der Waals surface area contributed by atoms with E-state index in [1.165, 1.54) is 56.9 Å². The zero-order valence-electron chi connectivity index (χ0n) is 24.1. The monoisotopic (exact) mass is 466 g/mol. The average molecular weight is 467 g/mol. The number of rotatable bonds is 8. The van der Waals surface area contributed by atoms with Crippen molar-refractivity contribution in [1.82, 2.24) is 0 Å². The topological polar surface area (TPSA) is 0 Å². The molecule has 0 aliphatic heterocycles. The summed E-state index contributed by atoms with van der Waals surface area (Å²) in [6, 6.07) is 0.